The van der Waals surface area contributed by atoms with Gasteiger partial charge in [0.25, 0.3) is 5.91 Å². The van der Waals surface area contributed by atoms with Crippen LogP contribution in [-0.4, -0.2) is 30.6 Å². The number of carbonyl (C=O) groups excluding carboxylic acids is 2. The Labute approximate surface area is 160 Å². The van der Waals surface area contributed by atoms with Crippen molar-refractivity contribution in [3.05, 3.63) is 53.6 Å². The molecule has 3 aromatic rings. The highest BCUT2D eigenvalue weighted by molar-refractivity contribution is 7.22. The number of benzene rings is 2. The largest absolute Gasteiger partial charge is 0.497 e. The highest BCUT2D eigenvalue weighted by Crippen LogP contribution is 2.32. The first-order valence-electron chi connectivity index (χ1n) is 7.85. The van der Waals surface area contributed by atoms with Gasteiger partial charge >= 0.3 is 12.1 Å². The number of thiazole rings is 1. The summed E-state index contributed by atoms with van der Waals surface area (Å²) >= 11 is 1.18. The SMILES string of the molecule is COc1ccc2nc(NC(=O)COC(=O)c3ccccc3C(F)(F)F)sc2c1. The van der Waals surface area contributed by atoms with Crippen LogP contribution in [0.1, 0.15) is 15.9 Å². The van der Waals surface area contributed by atoms with E-state index in [1.54, 1.807) is 18.2 Å². The summed E-state index contributed by atoms with van der Waals surface area (Å²) in [4.78, 5) is 28.1. The van der Waals surface area contributed by atoms with Gasteiger partial charge < -0.3 is 9.47 Å². The molecule has 0 fully saturated rings. The Morgan fingerprint density at radius 3 is 2.64 bits per heavy atom. The molecule has 0 unspecified atom stereocenters. The lowest BCUT2D eigenvalue weighted by Gasteiger charge is -2.11. The maximum atomic E-state index is 12.9. The maximum absolute atomic E-state index is 12.9. The van der Waals surface area contributed by atoms with E-state index < -0.39 is 35.8 Å². The Hall–Kier alpha value is -3.14. The van der Waals surface area contributed by atoms with E-state index in [9.17, 15) is 22.8 Å². The summed E-state index contributed by atoms with van der Waals surface area (Å²) in [6.45, 7) is -0.746. The van der Waals surface area contributed by atoms with Gasteiger partial charge in [-0.15, -0.1) is 0 Å². The van der Waals surface area contributed by atoms with Crippen LogP contribution in [0.2, 0.25) is 0 Å². The Balaban J connectivity index is 1.64. The highest BCUT2D eigenvalue weighted by atomic mass is 32.1. The number of ether oxygens (including phenoxy) is 2. The highest BCUT2D eigenvalue weighted by Gasteiger charge is 2.35. The molecule has 0 radical (unpaired) electrons. The number of esters is 1. The monoisotopic (exact) mass is 410 g/mol. The van der Waals surface area contributed by atoms with Gasteiger partial charge in [-0.3, -0.25) is 10.1 Å². The minimum atomic E-state index is -4.71. The zero-order chi connectivity index (χ0) is 20.3. The fourth-order valence-electron chi connectivity index (χ4n) is 2.36. The topological polar surface area (TPSA) is 77.5 Å². The summed E-state index contributed by atoms with van der Waals surface area (Å²) in [6.07, 6.45) is -4.71. The Morgan fingerprint density at radius 1 is 1.18 bits per heavy atom. The van der Waals surface area contributed by atoms with Crippen molar-refractivity contribution >= 4 is 38.6 Å². The minimum absolute atomic E-state index is 0.264. The first-order chi connectivity index (χ1) is 13.3. The number of anilines is 1. The number of aromatic nitrogens is 1. The van der Waals surface area contributed by atoms with E-state index in [1.807, 2.05) is 0 Å². The molecule has 3 rings (SSSR count). The van der Waals surface area contributed by atoms with Crippen LogP contribution in [0.15, 0.2) is 42.5 Å². The predicted octanol–water partition coefficient (Wildman–Crippen LogP) is 4.12. The second kappa shape index (κ2) is 7.85. The van der Waals surface area contributed by atoms with Crippen LogP contribution < -0.4 is 10.1 Å². The maximum Gasteiger partial charge on any atom is 0.417 e. The molecule has 28 heavy (non-hydrogen) atoms. The molecule has 1 amide bonds. The number of hydrogen-bond donors (Lipinski definition) is 1. The first-order valence-corrected chi connectivity index (χ1v) is 8.67. The average Bonchev–Trinajstić information content (AvgIpc) is 3.06. The molecule has 0 aliphatic carbocycles. The van der Waals surface area contributed by atoms with Gasteiger partial charge in [0.15, 0.2) is 11.7 Å². The molecule has 1 N–H and O–H groups in total. The second-order valence-electron chi connectivity index (χ2n) is 5.52. The van der Waals surface area contributed by atoms with E-state index in [-0.39, 0.29) is 5.13 Å². The predicted molar refractivity (Wildman–Crippen MR) is 96.5 cm³/mol. The fourth-order valence-corrected chi connectivity index (χ4v) is 3.27. The number of amides is 1. The van der Waals surface area contributed by atoms with E-state index in [2.05, 4.69) is 10.3 Å². The van der Waals surface area contributed by atoms with Crippen molar-refractivity contribution in [1.29, 1.82) is 0 Å². The number of nitrogens with zero attached hydrogens (tertiary/aromatic N) is 1. The number of nitrogens with one attached hydrogen (secondary N) is 1. The minimum Gasteiger partial charge on any atom is -0.497 e. The van der Waals surface area contributed by atoms with Crippen LogP contribution in [0.4, 0.5) is 18.3 Å². The number of rotatable bonds is 5. The summed E-state index contributed by atoms with van der Waals surface area (Å²) in [5.41, 5.74) is -1.15. The quantitative estimate of drug-likeness (QED) is 0.641. The third kappa shape index (κ3) is 4.39. The number of methoxy groups -OCH3 is 1. The van der Waals surface area contributed by atoms with Gasteiger partial charge in [0.2, 0.25) is 0 Å². The molecule has 1 heterocycles. The summed E-state index contributed by atoms with van der Waals surface area (Å²) in [6, 6.07) is 9.38. The van der Waals surface area contributed by atoms with Crippen LogP contribution >= 0.6 is 11.3 Å². The van der Waals surface area contributed by atoms with E-state index in [0.717, 1.165) is 22.9 Å². The van der Waals surface area contributed by atoms with Gasteiger partial charge in [-0.2, -0.15) is 13.2 Å². The van der Waals surface area contributed by atoms with Gasteiger partial charge in [0.1, 0.15) is 5.75 Å². The molecule has 0 bridgehead atoms. The molecule has 10 heteroatoms. The van der Waals surface area contributed by atoms with Crippen molar-refractivity contribution in [2.24, 2.45) is 0 Å². The lowest BCUT2D eigenvalue weighted by Crippen LogP contribution is -2.22. The van der Waals surface area contributed by atoms with Crippen molar-refractivity contribution in [3.8, 4) is 5.75 Å². The van der Waals surface area contributed by atoms with Gasteiger partial charge in [-0.1, -0.05) is 23.5 Å². The smallest absolute Gasteiger partial charge is 0.417 e. The molecule has 0 aliphatic heterocycles. The lowest BCUT2D eigenvalue weighted by atomic mass is 10.1. The van der Waals surface area contributed by atoms with Crippen molar-refractivity contribution in [2.45, 2.75) is 6.18 Å². The van der Waals surface area contributed by atoms with Crippen LogP contribution in [-0.2, 0) is 15.7 Å². The van der Waals surface area contributed by atoms with Gasteiger partial charge in [-0.05, 0) is 30.3 Å². The zero-order valence-electron chi connectivity index (χ0n) is 14.4. The van der Waals surface area contributed by atoms with E-state index >= 15 is 0 Å². The molecule has 0 aliphatic rings. The number of hydrogen-bond acceptors (Lipinski definition) is 6. The van der Waals surface area contributed by atoms with Crippen molar-refractivity contribution < 1.29 is 32.2 Å². The van der Waals surface area contributed by atoms with E-state index in [1.165, 1.54) is 24.5 Å². The van der Waals surface area contributed by atoms with Gasteiger partial charge in [0, 0.05) is 0 Å². The van der Waals surface area contributed by atoms with Gasteiger partial charge in [0.05, 0.1) is 28.5 Å². The molecule has 146 valence electrons. The van der Waals surface area contributed by atoms with Crippen molar-refractivity contribution in [3.63, 3.8) is 0 Å². The molecule has 2 aromatic carbocycles. The van der Waals surface area contributed by atoms with E-state index in [4.69, 9.17) is 9.47 Å². The molecule has 0 spiro atoms. The molecular weight excluding hydrogens is 397 g/mol. The first kappa shape index (κ1) is 19.6. The van der Waals surface area contributed by atoms with Crippen LogP contribution in [0.25, 0.3) is 10.2 Å². The second-order valence-corrected chi connectivity index (χ2v) is 6.55. The molecule has 1 aromatic heterocycles. The molecule has 0 saturated carbocycles. The summed E-state index contributed by atoms with van der Waals surface area (Å²) in [5.74, 6) is -1.33. The lowest BCUT2D eigenvalue weighted by molar-refractivity contribution is -0.138. The van der Waals surface area contributed by atoms with Crippen LogP contribution in [0.3, 0.4) is 0 Å². The van der Waals surface area contributed by atoms with Crippen LogP contribution in [0.5, 0.6) is 5.75 Å². The number of fused-ring (bicyclic) bond motifs is 1. The molecule has 0 atom stereocenters. The molecule has 6 nitrogen and oxygen atoms in total. The summed E-state index contributed by atoms with van der Waals surface area (Å²) < 4.78 is 49.4. The molecular formula is C18H13F3N2O4S. The Kier molecular flexibility index (Phi) is 5.50. The summed E-state index contributed by atoms with van der Waals surface area (Å²) in [7, 11) is 1.52. The average molecular weight is 410 g/mol. The standard InChI is InChI=1S/C18H13F3N2O4S/c1-26-10-6-7-13-14(8-10)28-17(22-13)23-15(24)9-27-16(25)11-4-2-3-5-12(11)18(19,20)21/h2-8H,9H2,1H3,(H,22,23,24). The Bertz CT molecular complexity index is 1030. The molecule has 0 saturated heterocycles. The Morgan fingerprint density at radius 2 is 1.93 bits per heavy atom. The number of alkyl halides is 3. The third-order valence-electron chi connectivity index (χ3n) is 3.63. The van der Waals surface area contributed by atoms with Crippen LogP contribution in [0, 0.1) is 0 Å². The zero-order valence-corrected chi connectivity index (χ0v) is 15.2. The van der Waals surface area contributed by atoms with E-state index in [0.29, 0.717) is 11.3 Å². The third-order valence-corrected chi connectivity index (χ3v) is 4.56. The fraction of sp³-hybridized carbons (Fsp3) is 0.167. The number of halogens is 3. The van der Waals surface area contributed by atoms with Crippen molar-refractivity contribution in [1.82, 2.24) is 4.98 Å². The van der Waals surface area contributed by atoms with Crippen molar-refractivity contribution in [2.75, 3.05) is 19.0 Å². The normalized spacial score (nSPS) is 11.3. The van der Waals surface area contributed by atoms with Gasteiger partial charge in [-0.25, -0.2) is 9.78 Å². The number of carbonyl (C=O) groups is 2. The summed E-state index contributed by atoms with van der Waals surface area (Å²) in [5, 5.41) is 2.71.